The SMILES string of the molecule is CSc1nc(N)nc(N[C@@H](C)C(=O)Nc2cccc([N+](=O)[O-])c2)c1C#N. The minimum atomic E-state index is -0.787. The Hall–Kier alpha value is -3.39. The van der Waals surface area contributed by atoms with E-state index < -0.39 is 16.9 Å². The molecule has 1 atom stereocenters. The quantitative estimate of drug-likeness (QED) is 0.298. The van der Waals surface area contributed by atoms with Gasteiger partial charge in [-0.25, -0.2) is 4.98 Å². The summed E-state index contributed by atoms with van der Waals surface area (Å²) >= 11 is 1.23. The van der Waals surface area contributed by atoms with Crippen molar-refractivity contribution < 1.29 is 9.72 Å². The summed E-state index contributed by atoms with van der Waals surface area (Å²) in [7, 11) is 0. The van der Waals surface area contributed by atoms with Crippen molar-refractivity contribution in [2.24, 2.45) is 0 Å². The van der Waals surface area contributed by atoms with Crippen molar-refractivity contribution in [1.82, 2.24) is 9.97 Å². The smallest absolute Gasteiger partial charge is 0.271 e. The number of nitrogen functional groups attached to an aromatic ring is 1. The molecule has 1 heterocycles. The second kappa shape index (κ2) is 8.13. The van der Waals surface area contributed by atoms with E-state index in [1.54, 1.807) is 13.2 Å². The van der Waals surface area contributed by atoms with Crippen molar-refractivity contribution in [1.29, 1.82) is 5.26 Å². The summed E-state index contributed by atoms with van der Waals surface area (Å²) in [6, 6.07) is 6.77. The Labute approximate surface area is 153 Å². The Balaban J connectivity index is 2.18. The molecule has 1 aromatic heterocycles. The first-order valence-corrected chi connectivity index (χ1v) is 8.51. The maximum atomic E-state index is 12.3. The van der Waals surface area contributed by atoms with Gasteiger partial charge in [0.05, 0.1) is 4.92 Å². The number of hydrogen-bond donors (Lipinski definition) is 3. The van der Waals surface area contributed by atoms with E-state index in [2.05, 4.69) is 20.6 Å². The van der Waals surface area contributed by atoms with Crippen LogP contribution in [0.2, 0.25) is 0 Å². The largest absolute Gasteiger partial charge is 0.368 e. The maximum absolute atomic E-state index is 12.3. The minimum absolute atomic E-state index is 0.0258. The molecule has 0 fully saturated rings. The molecule has 0 radical (unpaired) electrons. The molecule has 0 aliphatic rings. The van der Waals surface area contributed by atoms with Gasteiger partial charge in [-0.05, 0) is 19.2 Å². The third kappa shape index (κ3) is 4.37. The maximum Gasteiger partial charge on any atom is 0.271 e. The van der Waals surface area contributed by atoms with Crippen LogP contribution in [0.1, 0.15) is 12.5 Å². The van der Waals surface area contributed by atoms with Gasteiger partial charge in [-0.2, -0.15) is 10.2 Å². The number of hydrogen-bond acceptors (Lipinski definition) is 9. The van der Waals surface area contributed by atoms with Crippen LogP contribution in [0.25, 0.3) is 0 Å². The van der Waals surface area contributed by atoms with E-state index in [-0.39, 0.29) is 28.7 Å². The summed E-state index contributed by atoms with van der Waals surface area (Å²) < 4.78 is 0. The van der Waals surface area contributed by atoms with E-state index in [0.717, 1.165) is 0 Å². The highest BCUT2D eigenvalue weighted by Gasteiger charge is 2.19. The van der Waals surface area contributed by atoms with Gasteiger partial charge >= 0.3 is 0 Å². The highest BCUT2D eigenvalue weighted by atomic mass is 32.2. The standard InChI is InChI=1S/C15H15N7O3S/c1-8(13(23)19-9-4-3-5-10(6-9)22(24)25)18-12-11(7-16)14(26-2)21-15(17)20-12/h3-6,8H,1-2H3,(H,19,23)(H3,17,18,20,21)/t8-/m0/s1. The number of aromatic nitrogens is 2. The third-order valence-corrected chi connectivity index (χ3v) is 3.95. The lowest BCUT2D eigenvalue weighted by atomic mass is 10.2. The van der Waals surface area contributed by atoms with E-state index in [0.29, 0.717) is 5.03 Å². The Morgan fingerprint density at radius 1 is 1.46 bits per heavy atom. The van der Waals surface area contributed by atoms with Crippen molar-refractivity contribution >= 4 is 40.8 Å². The second-order valence-electron chi connectivity index (χ2n) is 5.09. The fourth-order valence-electron chi connectivity index (χ4n) is 2.03. The lowest BCUT2D eigenvalue weighted by Gasteiger charge is -2.16. The predicted octanol–water partition coefficient (Wildman–Crippen LogP) is 2.00. The predicted molar refractivity (Wildman–Crippen MR) is 97.8 cm³/mol. The third-order valence-electron chi connectivity index (χ3n) is 3.27. The average molecular weight is 373 g/mol. The zero-order valence-electron chi connectivity index (χ0n) is 13.9. The zero-order chi connectivity index (χ0) is 19.3. The number of carbonyl (C=O) groups is 1. The van der Waals surface area contributed by atoms with Crippen LogP contribution in [0.5, 0.6) is 0 Å². The fraction of sp³-hybridized carbons (Fsp3) is 0.200. The number of amides is 1. The molecule has 0 saturated heterocycles. The Morgan fingerprint density at radius 2 is 2.19 bits per heavy atom. The first-order valence-electron chi connectivity index (χ1n) is 7.29. The van der Waals surface area contributed by atoms with Crippen LogP contribution in [-0.4, -0.2) is 33.1 Å². The van der Waals surface area contributed by atoms with Crippen molar-refractivity contribution in [3.8, 4) is 6.07 Å². The number of carbonyl (C=O) groups excluding carboxylic acids is 1. The highest BCUT2D eigenvalue weighted by Crippen LogP contribution is 2.24. The van der Waals surface area contributed by atoms with Crippen molar-refractivity contribution in [2.45, 2.75) is 18.0 Å². The summed E-state index contributed by atoms with van der Waals surface area (Å²) in [6.07, 6.45) is 1.74. The fourth-order valence-corrected chi connectivity index (χ4v) is 2.56. The summed E-state index contributed by atoms with van der Waals surface area (Å²) in [5.74, 6) is -0.342. The van der Waals surface area contributed by atoms with Crippen LogP contribution in [-0.2, 0) is 4.79 Å². The second-order valence-corrected chi connectivity index (χ2v) is 5.88. The van der Waals surface area contributed by atoms with Crippen LogP contribution in [0.4, 0.5) is 23.1 Å². The van der Waals surface area contributed by atoms with Gasteiger partial charge in [0.25, 0.3) is 5.69 Å². The van der Waals surface area contributed by atoms with E-state index in [1.807, 2.05) is 6.07 Å². The summed E-state index contributed by atoms with van der Waals surface area (Å²) in [4.78, 5) is 30.5. The van der Waals surface area contributed by atoms with Crippen molar-refractivity contribution in [3.63, 3.8) is 0 Å². The number of nitriles is 1. The molecule has 0 unspecified atom stereocenters. The molecule has 26 heavy (non-hydrogen) atoms. The molecule has 2 rings (SSSR count). The molecule has 11 heteroatoms. The van der Waals surface area contributed by atoms with E-state index in [9.17, 15) is 20.2 Å². The molecule has 10 nitrogen and oxygen atoms in total. The molecule has 4 N–H and O–H groups in total. The van der Waals surface area contributed by atoms with Crippen LogP contribution < -0.4 is 16.4 Å². The molecule has 0 aliphatic carbocycles. The number of nitrogens with zero attached hydrogens (tertiary/aromatic N) is 4. The number of thioether (sulfide) groups is 1. The lowest BCUT2D eigenvalue weighted by Crippen LogP contribution is -2.32. The monoisotopic (exact) mass is 373 g/mol. The molecule has 0 saturated carbocycles. The van der Waals surface area contributed by atoms with Gasteiger partial charge in [0, 0.05) is 17.8 Å². The van der Waals surface area contributed by atoms with Crippen LogP contribution in [0.3, 0.4) is 0 Å². The van der Waals surface area contributed by atoms with Gasteiger partial charge in [0.2, 0.25) is 11.9 Å². The van der Waals surface area contributed by atoms with Crippen molar-refractivity contribution in [3.05, 3.63) is 39.9 Å². The number of benzene rings is 1. The first-order chi connectivity index (χ1) is 12.3. The topological polar surface area (TPSA) is 160 Å². The number of nitro groups is 1. The number of non-ortho nitro benzene ring substituents is 1. The summed E-state index contributed by atoms with van der Waals surface area (Å²) in [6.45, 7) is 1.56. The minimum Gasteiger partial charge on any atom is -0.368 e. The van der Waals surface area contributed by atoms with Crippen molar-refractivity contribution in [2.75, 3.05) is 22.6 Å². The van der Waals surface area contributed by atoms with Gasteiger partial charge in [-0.3, -0.25) is 14.9 Å². The Bertz CT molecular complexity index is 897. The van der Waals surface area contributed by atoms with E-state index >= 15 is 0 Å². The number of nitrogens with two attached hydrogens (primary N) is 1. The molecule has 0 bridgehead atoms. The number of anilines is 3. The molecule has 1 aromatic carbocycles. The van der Waals surface area contributed by atoms with E-state index in [1.165, 1.54) is 36.0 Å². The van der Waals surface area contributed by atoms with Gasteiger partial charge in [0.1, 0.15) is 22.7 Å². The van der Waals surface area contributed by atoms with Crippen LogP contribution in [0, 0.1) is 21.4 Å². The van der Waals surface area contributed by atoms with Crippen LogP contribution in [0.15, 0.2) is 29.3 Å². The summed E-state index contributed by atoms with van der Waals surface area (Å²) in [5.41, 5.74) is 5.96. The van der Waals surface area contributed by atoms with Gasteiger partial charge < -0.3 is 16.4 Å². The molecule has 1 amide bonds. The first kappa shape index (κ1) is 18.9. The zero-order valence-corrected chi connectivity index (χ0v) is 14.7. The molecular weight excluding hydrogens is 358 g/mol. The normalized spacial score (nSPS) is 11.3. The highest BCUT2D eigenvalue weighted by molar-refractivity contribution is 7.98. The van der Waals surface area contributed by atoms with Gasteiger partial charge in [-0.15, -0.1) is 11.8 Å². The molecule has 0 spiro atoms. The van der Waals surface area contributed by atoms with E-state index in [4.69, 9.17) is 5.73 Å². The number of nitrogens with one attached hydrogen (secondary N) is 2. The van der Waals surface area contributed by atoms with Gasteiger partial charge in [0.15, 0.2) is 5.82 Å². The summed E-state index contributed by atoms with van der Waals surface area (Å²) in [5, 5.41) is 25.9. The Kier molecular flexibility index (Phi) is 5.92. The molecule has 134 valence electrons. The number of nitro benzene ring substituents is 1. The Morgan fingerprint density at radius 3 is 2.81 bits per heavy atom. The lowest BCUT2D eigenvalue weighted by molar-refractivity contribution is -0.384. The van der Waals surface area contributed by atoms with Gasteiger partial charge in [-0.1, -0.05) is 6.07 Å². The number of rotatable bonds is 6. The molecular formula is C15H15N7O3S. The average Bonchev–Trinajstić information content (AvgIpc) is 2.61. The molecule has 0 aliphatic heterocycles. The van der Waals surface area contributed by atoms with Crippen LogP contribution >= 0.6 is 11.8 Å². The molecule has 2 aromatic rings.